The van der Waals surface area contributed by atoms with Gasteiger partial charge in [0.05, 0.1) is 19.1 Å². The van der Waals surface area contributed by atoms with Crippen molar-refractivity contribution < 1.29 is 23.1 Å². The highest BCUT2D eigenvalue weighted by Crippen LogP contribution is 2.26. The molecule has 0 heterocycles. The molecule has 1 aromatic carbocycles. The van der Waals surface area contributed by atoms with Crippen molar-refractivity contribution in [3.8, 4) is 5.75 Å². The summed E-state index contributed by atoms with van der Waals surface area (Å²) in [5.74, 6) is -1.01. The highest BCUT2D eigenvalue weighted by atomic mass is 32.2. The molecule has 0 aliphatic rings. The number of carbonyl (C=O) groups is 1. The van der Waals surface area contributed by atoms with Crippen molar-refractivity contribution in [2.75, 3.05) is 24.7 Å². The molecule has 6 nitrogen and oxygen atoms in total. The second kappa shape index (κ2) is 4.62. The summed E-state index contributed by atoms with van der Waals surface area (Å²) in [6.45, 7) is 0. The van der Waals surface area contributed by atoms with Crippen LogP contribution in [0.25, 0.3) is 0 Å². The van der Waals surface area contributed by atoms with Gasteiger partial charge in [-0.2, -0.15) is 0 Å². The molecule has 0 aliphatic heterocycles. The Morgan fingerprint density at radius 3 is 2.41 bits per heavy atom. The lowest BCUT2D eigenvalue weighted by Crippen LogP contribution is -2.24. The van der Waals surface area contributed by atoms with Gasteiger partial charge in [-0.25, -0.2) is 13.2 Å². The summed E-state index contributed by atoms with van der Waals surface area (Å²) in [5, 5.41) is 8.87. The number of aromatic carboxylic acids is 1. The monoisotopic (exact) mass is 259 g/mol. The zero-order chi connectivity index (χ0) is 13.2. The van der Waals surface area contributed by atoms with E-state index in [1.165, 1.54) is 32.4 Å². The average molecular weight is 259 g/mol. The van der Waals surface area contributed by atoms with E-state index in [2.05, 4.69) is 0 Å². The summed E-state index contributed by atoms with van der Waals surface area (Å²) in [7, 11) is -0.679. The van der Waals surface area contributed by atoms with E-state index in [4.69, 9.17) is 9.84 Å². The third-order valence-corrected chi connectivity index (χ3v) is 3.48. The van der Waals surface area contributed by atoms with E-state index >= 15 is 0 Å². The third-order valence-electron chi connectivity index (χ3n) is 2.28. The summed E-state index contributed by atoms with van der Waals surface area (Å²) in [5.41, 5.74) is 0.326. The van der Waals surface area contributed by atoms with Crippen LogP contribution in [0.5, 0.6) is 5.75 Å². The molecule has 1 N–H and O–H groups in total. The Hall–Kier alpha value is -1.76. The normalized spacial score (nSPS) is 11.0. The summed E-state index contributed by atoms with van der Waals surface area (Å²) in [6.07, 6.45) is 1.06. The molecular formula is C10H13NO5S. The number of sulfonamides is 1. The van der Waals surface area contributed by atoms with Crippen molar-refractivity contribution >= 4 is 21.7 Å². The molecule has 0 amide bonds. The Labute approximate surface area is 99.5 Å². The van der Waals surface area contributed by atoms with Gasteiger partial charge in [0.1, 0.15) is 11.3 Å². The lowest BCUT2D eigenvalue weighted by Gasteiger charge is -2.17. The number of hydrogen-bond donors (Lipinski definition) is 1. The fourth-order valence-electron chi connectivity index (χ4n) is 1.24. The Bertz CT molecular complexity index is 538. The molecule has 0 unspecified atom stereocenters. The molecule has 0 radical (unpaired) electrons. The van der Waals surface area contributed by atoms with Crippen molar-refractivity contribution in [2.24, 2.45) is 0 Å². The van der Waals surface area contributed by atoms with E-state index in [9.17, 15) is 13.2 Å². The zero-order valence-corrected chi connectivity index (χ0v) is 10.5. The smallest absolute Gasteiger partial charge is 0.339 e. The van der Waals surface area contributed by atoms with Crippen LogP contribution in [-0.4, -0.2) is 39.9 Å². The van der Waals surface area contributed by atoms with Gasteiger partial charge in [0.15, 0.2) is 0 Å². The number of rotatable bonds is 4. The van der Waals surface area contributed by atoms with Gasteiger partial charge in [-0.15, -0.1) is 0 Å². The average Bonchev–Trinajstić information content (AvgIpc) is 2.25. The predicted octanol–water partition coefficient (Wildman–Crippen LogP) is 0.789. The van der Waals surface area contributed by atoms with Gasteiger partial charge in [0, 0.05) is 13.1 Å². The number of nitrogens with zero attached hydrogens (tertiary/aromatic N) is 1. The van der Waals surface area contributed by atoms with Gasteiger partial charge >= 0.3 is 5.97 Å². The first-order valence-corrected chi connectivity index (χ1v) is 6.47. The number of benzene rings is 1. The van der Waals surface area contributed by atoms with Gasteiger partial charge in [-0.1, -0.05) is 0 Å². The highest BCUT2D eigenvalue weighted by Gasteiger charge is 2.16. The molecule has 7 heteroatoms. The number of carboxylic acid groups (broad SMARTS) is 1. The van der Waals surface area contributed by atoms with Gasteiger partial charge in [-0.05, 0) is 12.1 Å². The molecule has 1 aromatic rings. The molecule has 0 spiro atoms. The first kappa shape index (κ1) is 13.3. The van der Waals surface area contributed by atoms with E-state index in [1.807, 2.05) is 0 Å². The van der Waals surface area contributed by atoms with Crippen LogP contribution in [-0.2, 0) is 10.0 Å². The first-order valence-electron chi connectivity index (χ1n) is 4.62. The second-order valence-corrected chi connectivity index (χ2v) is 5.43. The van der Waals surface area contributed by atoms with E-state index in [-0.39, 0.29) is 11.3 Å². The number of hydrogen-bond acceptors (Lipinski definition) is 4. The summed E-state index contributed by atoms with van der Waals surface area (Å²) in [4.78, 5) is 10.8. The Kier molecular flexibility index (Phi) is 3.62. The topological polar surface area (TPSA) is 83.9 Å². The fourth-order valence-corrected chi connectivity index (χ4v) is 1.74. The summed E-state index contributed by atoms with van der Waals surface area (Å²) >= 11 is 0. The fraction of sp³-hybridized carbons (Fsp3) is 0.300. The molecule has 0 atom stereocenters. The molecule has 1 rings (SSSR count). The Balaban J connectivity index is 3.28. The predicted molar refractivity (Wildman–Crippen MR) is 63.2 cm³/mol. The molecule has 94 valence electrons. The van der Waals surface area contributed by atoms with E-state index in [0.29, 0.717) is 5.69 Å². The van der Waals surface area contributed by atoms with Gasteiger partial charge in [0.25, 0.3) is 0 Å². The van der Waals surface area contributed by atoms with Crippen LogP contribution < -0.4 is 9.04 Å². The van der Waals surface area contributed by atoms with Crippen LogP contribution in [0.3, 0.4) is 0 Å². The summed E-state index contributed by atoms with van der Waals surface area (Å²) in [6, 6.07) is 4.08. The number of methoxy groups -OCH3 is 1. The number of ether oxygens (including phenoxy) is 1. The maximum Gasteiger partial charge on any atom is 0.339 e. The SMILES string of the molecule is COc1cc(N(C)S(C)(=O)=O)ccc1C(=O)O. The van der Waals surface area contributed by atoms with Crippen molar-refractivity contribution in [3.63, 3.8) is 0 Å². The number of anilines is 1. The first-order chi connectivity index (χ1) is 7.77. The van der Waals surface area contributed by atoms with Crippen LogP contribution in [0.1, 0.15) is 10.4 Å². The standard InChI is InChI=1S/C10H13NO5S/c1-11(17(3,14)15)7-4-5-8(10(12)13)9(6-7)16-2/h4-6H,1-3H3,(H,12,13). The molecule has 0 saturated heterocycles. The minimum atomic E-state index is -3.38. The maximum absolute atomic E-state index is 11.3. The van der Waals surface area contributed by atoms with Crippen LogP contribution in [0.15, 0.2) is 18.2 Å². The van der Waals surface area contributed by atoms with E-state index in [0.717, 1.165) is 10.6 Å². The van der Waals surface area contributed by atoms with Crippen LogP contribution in [0.4, 0.5) is 5.69 Å². The highest BCUT2D eigenvalue weighted by molar-refractivity contribution is 7.92. The largest absolute Gasteiger partial charge is 0.496 e. The molecule has 0 aliphatic carbocycles. The molecular weight excluding hydrogens is 246 g/mol. The maximum atomic E-state index is 11.3. The van der Waals surface area contributed by atoms with Crippen LogP contribution in [0, 0.1) is 0 Å². The van der Waals surface area contributed by atoms with Crippen molar-refractivity contribution in [2.45, 2.75) is 0 Å². The quantitative estimate of drug-likeness (QED) is 0.864. The van der Waals surface area contributed by atoms with Crippen LogP contribution >= 0.6 is 0 Å². The molecule has 0 fully saturated rings. The third kappa shape index (κ3) is 2.88. The van der Waals surface area contributed by atoms with E-state index in [1.54, 1.807) is 0 Å². The minimum Gasteiger partial charge on any atom is -0.496 e. The van der Waals surface area contributed by atoms with Crippen LogP contribution in [0.2, 0.25) is 0 Å². The Morgan fingerprint density at radius 2 is 2.00 bits per heavy atom. The van der Waals surface area contributed by atoms with Crippen molar-refractivity contribution in [1.82, 2.24) is 0 Å². The molecule has 0 bridgehead atoms. The van der Waals surface area contributed by atoms with Gasteiger partial charge in [-0.3, -0.25) is 4.31 Å². The molecule has 0 aromatic heterocycles. The molecule has 17 heavy (non-hydrogen) atoms. The molecule has 0 saturated carbocycles. The van der Waals surface area contributed by atoms with Gasteiger partial charge in [0.2, 0.25) is 10.0 Å². The lowest BCUT2D eigenvalue weighted by molar-refractivity contribution is 0.0693. The Morgan fingerprint density at radius 1 is 1.41 bits per heavy atom. The van der Waals surface area contributed by atoms with E-state index < -0.39 is 16.0 Å². The lowest BCUT2D eigenvalue weighted by atomic mass is 10.2. The second-order valence-electron chi connectivity index (χ2n) is 3.42. The minimum absolute atomic E-state index is 0.0156. The van der Waals surface area contributed by atoms with Crippen molar-refractivity contribution in [3.05, 3.63) is 23.8 Å². The summed E-state index contributed by atoms with van der Waals surface area (Å²) < 4.78 is 28.6. The zero-order valence-electron chi connectivity index (χ0n) is 9.67. The van der Waals surface area contributed by atoms with Gasteiger partial charge < -0.3 is 9.84 Å². The van der Waals surface area contributed by atoms with Crippen molar-refractivity contribution in [1.29, 1.82) is 0 Å². The number of carboxylic acids is 1.